The first-order valence-corrected chi connectivity index (χ1v) is 9.72. The van der Waals surface area contributed by atoms with Gasteiger partial charge in [0.1, 0.15) is 5.75 Å². The van der Waals surface area contributed by atoms with E-state index in [0.717, 1.165) is 24.2 Å². The maximum Gasteiger partial charge on any atom is 0.277 e. The van der Waals surface area contributed by atoms with Crippen LogP contribution in [0.4, 0.5) is 0 Å². The highest BCUT2D eigenvalue weighted by Crippen LogP contribution is 2.25. The molecular formula is C18H23N3O3S. The molecule has 1 aliphatic rings. The molecule has 1 amide bonds. The van der Waals surface area contributed by atoms with Gasteiger partial charge in [0, 0.05) is 11.6 Å². The van der Waals surface area contributed by atoms with Gasteiger partial charge in [-0.25, -0.2) is 0 Å². The Labute approximate surface area is 151 Å². The third-order valence-electron chi connectivity index (χ3n) is 4.12. The number of benzene rings is 1. The number of amides is 1. The lowest BCUT2D eigenvalue weighted by molar-refractivity contribution is -0.119. The summed E-state index contributed by atoms with van der Waals surface area (Å²) in [5.41, 5.74) is 0.828. The number of ether oxygens (including phenoxy) is 1. The second kappa shape index (κ2) is 8.89. The number of carbonyl (C=O) groups is 1. The Morgan fingerprint density at radius 3 is 2.72 bits per heavy atom. The summed E-state index contributed by atoms with van der Waals surface area (Å²) in [6, 6.07) is 7.82. The molecule has 0 atom stereocenters. The average Bonchev–Trinajstić information content (AvgIpc) is 3.11. The summed E-state index contributed by atoms with van der Waals surface area (Å²) in [4.78, 5) is 12.0. The molecule has 3 rings (SSSR count). The Kier molecular flexibility index (Phi) is 6.33. The average molecular weight is 361 g/mol. The summed E-state index contributed by atoms with van der Waals surface area (Å²) >= 11 is 1.27. The van der Waals surface area contributed by atoms with E-state index in [0.29, 0.717) is 29.5 Å². The van der Waals surface area contributed by atoms with Crippen LogP contribution in [0.1, 0.15) is 39.0 Å². The summed E-state index contributed by atoms with van der Waals surface area (Å²) in [5.74, 6) is 1.57. The normalized spacial score (nSPS) is 15.1. The Bertz CT molecular complexity index is 681. The van der Waals surface area contributed by atoms with Crippen LogP contribution in [0.3, 0.4) is 0 Å². The molecule has 1 saturated carbocycles. The van der Waals surface area contributed by atoms with Gasteiger partial charge < -0.3 is 14.5 Å². The topological polar surface area (TPSA) is 77.2 Å². The zero-order valence-electron chi connectivity index (χ0n) is 14.4. The van der Waals surface area contributed by atoms with E-state index in [4.69, 9.17) is 9.15 Å². The number of hydrogen-bond donors (Lipinski definition) is 1. The zero-order chi connectivity index (χ0) is 17.5. The molecular weight excluding hydrogens is 338 g/mol. The minimum absolute atomic E-state index is 0.0257. The number of rotatable bonds is 7. The fourth-order valence-electron chi connectivity index (χ4n) is 2.89. The maximum absolute atomic E-state index is 12.0. The monoisotopic (exact) mass is 361 g/mol. The van der Waals surface area contributed by atoms with Crippen LogP contribution in [0.25, 0.3) is 11.5 Å². The van der Waals surface area contributed by atoms with Gasteiger partial charge in [-0.1, -0.05) is 31.0 Å². The predicted octanol–water partition coefficient (Wildman–Crippen LogP) is 3.68. The second-order valence-electron chi connectivity index (χ2n) is 6.02. The van der Waals surface area contributed by atoms with Gasteiger partial charge in [-0.3, -0.25) is 4.79 Å². The largest absolute Gasteiger partial charge is 0.494 e. The van der Waals surface area contributed by atoms with Crippen LogP contribution in [0.5, 0.6) is 5.75 Å². The Hall–Kier alpha value is -2.02. The summed E-state index contributed by atoms with van der Waals surface area (Å²) in [6.07, 6.45) is 5.84. The van der Waals surface area contributed by atoms with Crippen LogP contribution in [-0.2, 0) is 4.79 Å². The summed E-state index contributed by atoms with van der Waals surface area (Å²) in [6.45, 7) is 2.57. The molecule has 0 bridgehead atoms. The molecule has 2 aromatic rings. The van der Waals surface area contributed by atoms with Crippen molar-refractivity contribution in [2.24, 2.45) is 0 Å². The van der Waals surface area contributed by atoms with Gasteiger partial charge in [0.15, 0.2) is 0 Å². The van der Waals surface area contributed by atoms with Crippen molar-refractivity contribution in [3.05, 3.63) is 24.3 Å². The highest BCUT2D eigenvalue weighted by Gasteiger charge is 2.17. The molecule has 1 fully saturated rings. The molecule has 0 aliphatic heterocycles. The van der Waals surface area contributed by atoms with Crippen molar-refractivity contribution in [1.82, 2.24) is 15.5 Å². The number of nitrogens with one attached hydrogen (secondary N) is 1. The van der Waals surface area contributed by atoms with E-state index in [-0.39, 0.29) is 5.91 Å². The summed E-state index contributed by atoms with van der Waals surface area (Å²) in [7, 11) is 0. The Balaban J connectivity index is 1.50. The first kappa shape index (κ1) is 17.8. The molecule has 1 N–H and O–H groups in total. The minimum Gasteiger partial charge on any atom is -0.494 e. The van der Waals surface area contributed by atoms with Crippen molar-refractivity contribution >= 4 is 17.7 Å². The van der Waals surface area contributed by atoms with Crippen molar-refractivity contribution in [3.8, 4) is 17.2 Å². The molecule has 134 valence electrons. The first-order valence-electron chi connectivity index (χ1n) is 8.73. The van der Waals surface area contributed by atoms with Crippen molar-refractivity contribution < 1.29 is 13.9 Å². The van der Waals surface area contributed by atoms with E-state index in [2.05, 4.69) is 15.5 Å². The highest BCUT2D eigenvalue weighted by atomic mass is 32.2. The molecule has 1 aromatic carbocycles. The van der Waals surface area contributed by atoms with Crippen molar-refractivity contribution in [2.45, 2.75) is 50.3 Å². The molecule has 0 unspecified atom stereocenters. The van der Waals surface area contributed by atoms with Gasteiger partial charge >= 0.3 is 0 Å². The van der Waals surface area contributed by atoms with E-state index >= 15 is 0 Å². The van der Waals surface area contributed by atoms with E-state index in [9.17, 15) is 4.79 Å². The first-order chi connectivity index (χ1) is 12.2. The van der Waals surface area contributed by atoms with Crippen LogP contribution in [-0.4, -0.2) is 34.5 Å². The number of thioether (sulfide) groups is 1. The lowest BCUT2D eigenvalue weighted by Gasteiger charge is -2.22. The maximum atomic E-state index is 12.0. The Morgan fingerprint density at radius 1 is 1.24 bits per heavy atom. The summed E-state index contributed by atoms with van der Waals surface area (Å²) in [5, 5.41) is 11.5. The van der Waals surface area contributed by atoms with Crippen LogP contribution in [0.2, 0.25) is 0 Å². The van der Waals surface area contributed by atoms with E-state index in [1.807, 2.05) is 31.2 Å². The van der Waals surface area contributed by atoms with Gasteiger partial charge in [-0.2, -0.15) is 0 Å². The SMILES string of the molecule is CCOc1ccc(-c2nnc(SCC(=O)NC3CCCCC3)o2)cc1. The van der Waals surface area contributed by atoms with Gasteiger partial charge in [0.25, 0.3) is 5.22 Å². The van der Waals surface area contributed by atoms with Crippen molar-refractivity contribution in [3.63, 3.8) is 0 Å². The van der Waals surface area contributed by atoms with Crippen LogP contribution >= 0.6 is 11.8 Å². The standard InChI is InChI=1S/C18H23N3O3S/c1-2-23-15-10-8-13(9-11-15)17-20-21-18(24-17)25-12-16(22)19-14-6-4-3-5-7-14/h8-11,14H,2-7,12H2,1H3,(H,19,22). The number of hydrogen-bond acceptors (Lipinski definition) is 6. The van der Waals surface area contributed by atoms with Gasteiger partial charge in [-0.15, -0.1) is 10.2 Å². The number of carbonyl (C=O) groups excluding carboxylic acids is 1. The zero-order valence-corrected chi connectivity index (χ0v) is 15.2. The lowest BCUT2D eigenvalue weighted by atomic mass is 9.95. The van der Waals surface area contributed by atoms with Gasteiger partial charge in [0.2, 0.25) is 11.8 Å². The number of nitrogens with zero attached hydrogens (tertiary/aromatic N) is 2. The molecule has 25 heavy (non-hydrogen) atoms. The molecule has 6 nitrogen and oxygen atoms in total. The number of aromatic nitrogens is 2. The lowest BCUT2D eigenvalue weighted by Crippen LogP contribution is -2.37. The minimum atomic E-state index is 0.0257. The molecule has 0 spiro atoms. The van der Waals surface area contributed by atoms with Crippen LogP contribution in [0.15, 0.2) is 33.9 Å². The van der Waals surface area contributed by atoms with Crippen LogP contribution < -0.4 is 10.1 Å². The predicted molar refractivity (Wildman–Crippen MR) is 96.6 cm³/mol. The Morgan fingerprint density at radius 2 is 2.00 bits per heavy atom. The third-order valence-corrected chi connectivity index (χ3v) is 4.93. The van der Waals surface area contributed by atoms with E-state index in [1.54, 1.807) is 0 Å². The molecule has 0 radical (unpaired) electrons. The molecule has 1 heterocycles. The quantitative estimate of drug-likeness (QED) is 0.758. The van der Waals surface area contributed by atoms with Gasteiger partial charge in [0.05, 0.1) is 12.4 Å². The summed E-state index contributed by atoms with van der Waals surface area (Å²) < 4.78 is 11.0. The van der Waals surface area contributed by atoms with E-state index < -0.39 is 0 Å². The fourth-order valence-corrected chi connectivity index (χ4v) is 3.46. The molecule has 1 aliphatic carbocycles. The van der Waals surface area contributed by atoms with Crippen molar-refractivity contribution in [2.75, 3.05) is 12.4 Å². The molecule has 1 aromatic heterocycles. The smallest absolute Gasteiger partial charge is 0.277 e. The van der Waals surface area contributed by atoms with Gasteiger partial charge in [-0.05, 0) is 44.0 Å². The van der Waals surface area contributed by atoms with Crippen molar-refractivity contribution in [1.29, 1.82) is 0 Å². The fraction of sp³-hybridized carbons (Fsp3) is 0.500. The highest BCUT2D eigenvalue weighted by molar-refractivity contribution is 7.99. The second-order valence-corrected chi connectivity index (χ2v) is 6.95. The molecule has 7 heteroatoms. The third kappa shape index (κ3) is 5.22. The molecule has 0 saturated heterocycles. The van der Waals surface area contributed by atoms with E-state index in [1.165, 1.54) is 31.0 Å². The van der Waals surface area contributed by atoms with Crippen LogP contribution in [0, 0.1) is 0 Å².